The number of esters is 1. The van der Waals surface area contributed by atoms with E-state index in [1.807, 2.05) is 0 Å². The van der Waals surface area contributed by atoms with Gasteiger partial charge >= 0.3 is 5.97 Å². The predicted molar refractivity (Wildman–Crippen MR) is 257 cm³/mol. The standard InChI is InChI=1S/C47H75N3O36/c1-11(57)72-10-12-2-50(49-48-12)3-13-34-20(58)27(65)41(73-13)81-35-14(4-51)75-43(29(67)22(35)60)83-37-16(6-53)77-45(31(69)24(37)62)85-39-18(8-55)79-47(33(71)26(39)64)86-40-19(9-56)78-46(32(70)25(40)63)84-38-17(7-54)76-44(30(68)23(38)61)82-36-15(5-52)74-42(80-34)28(66)21(36)59/h2,13-47,51-56,58-71H,3-10H2,1H3/t13-,14-,15-,16-,17-,18-,19-,20-,21-,22-,23-,24-,25-,26-,27-,28-,29-,30-,31-,32-,33-,34-,35-,36-,37-,38-,39-,40-,41-,42-,43-,44-,45-,46-,47-/m1/s1. The fourth-order valence-electron chi connectivity index (χ4n) is 11.3. The predicted octanol–water partition coefficient (Wildman–Crippen LogP) is -14.9. The molecule has 22 rings (SSSR count). The van der Waals surface area contributed by atoms with Crippen LogP contribution in [0.4, 0.5) is 0 Å². The lowest BCUT2D eigenvalue weighted by Gasteiger charge is -2.50. The minimum Gasteiger partial charge on any atom is -0.459 e. The maximum atomic E-state index is 11.8. The molecule has 22 heterocycles. The van der Waals surface area contributed by atoms with Crippen molar-refractivity contribution < 1.29 is 178 Å². The van der Waals surface area contributed by atoms with E-state index in [4.69, 9.17) is 71.1 Å². The third-order valence-electron chi connectivity index (χ3n) is 16.0. The SMILES string of the molecule is CC(=O)OCc1cn(C[C@H]2O[C@@H]3O[C@H]4[C@H](O)[C@@H](O)[C@@H](O[C@H]5[C@H](O)[C@@H](O)[C@@H](O[C@H]6[C@H](O)[C@@H](O)[C@@H](O[C@H]7[C@H](O)[C@@H](O)[C@@H](O[C@H]8[C@H](O)[C@@H](O)[C@@H](O[C@H]9[C@H](O)[C@@H](O)[C@@H](O[C@H]2[C@H](O)[C@H]3O)O[C@@H]9CO)O[C@@H]8CO)O[C@@H]7CO)O[C@@H]6CO)O[C@@H]5CO)O[C@@H]4CO)nn1. The maximum Gasteiger partial charge on any atom is 0.303 e. The molecule has 39 heteroatoms. The van der Waals surface area contributed by atoms with Crippen LogP contribution >= 0.6 is 0 Å². The average molecular weight is 1260 g/mol. The van der Waals surface area contributed by atoms with Crippen molar-refractivity contribution in [3.8, 4) is 0 Å². The molecule has 0 radical (unpaired) electrons. The van der Waals surface area contributed by atoms with Crippen LogP contribution in [0.3, 0.4) is 0 Å². The quantitative estimate of drug-likeness (QED) is 0.0967. The van der Waals surface area contributed by atoms with Gasteiger partial charge in [0.05, 0.1) is 52.4 Å². The number of hydrogen-bond donors (Lipinski definition) is 20. The van der Waals surface area contributed by atoms with Gasteiger partial charge in [-0.05, 0) is 0 Å². The Morgan fingerprint density at radius 1 is 0.360 bits per heavy atom. The van der Waals surface area contributed by atoms with Crippen molar-refractivity contribution in [1.29, 1.82) is 0 Å². The molecule has 1 aromatic heterocycles. The Balaban J connectivity index is 1.02. The third-order valence-corrected chi connectivity index (χ3v) is 16.0. The molecule has 21 aliphatic rings. The highest BCUT2D eigenvalue weighted by molar-refractivity contribution is 5.65. The normalized spacial score (nSPS) is 50.7. The second kappa shape index (κ2) is 28.8. The molecular formula is C47H75N3O36. The lowest BCUT2D eigenvalue weighted by Crippen LogP contribution is -2.68. The first-order valence-corrected chi connectivity index (χ1v) is 27.3. The van der Waals surface area contributed by atoms with E-state index in [2.05, 4.69) is 10.3 Å². The molecule has 14 bridgehead atoms. The van der Waals surface area contributed by atoms with Gasteiger partial charge in [0.25, 0.3) is 0 Å². The highest BCUT2D eigenvalue weighted by atomic mass is 16.8. The fraction of sp³-hybridized carbons (Fsp3) is 0.936. The molecule has 35 atom stereocenters. The Morgan fingerprint density at radius 2 is 0.570 bits per heavy atom. The van der Waals surface area contributed by atoms with E-state index in [1.165, 1.54) is 6.20 Å². The van der Waals surface area contributed by atoms with Crippen molar-refractivity contribution >= 4 is 5.97 Å². The van der Waals surface area contributed by atoms with Crippen molar-refractivity contribution in [2.75, 3.05) is 39.6 Å². The maximum absolute atomic E-state index is 11.8. The molecule has 39 nitrogen and oxygen atoms in total. The fourth-order valence-corrected chi connectivity index (χ4v) is 11.3. The van der Waals surface area contributed by atoms with E-state index < -0.39 is 267 Å². The molecule has 21 aliphatic heterocycles. The van der Waals surface area contributed by atoms with Crippen LogP contribution in [-0.2, 0) is 89.0 Å². The van der Waals surface area contributed by atoms with Crippen LogP contribution in [0, 0.1) is 0 Å². The zero-order valence-corrected chi connectivity index (χ0v) is 45.3. The van der Waals surface area contributed by atoms with E-state index in [0.717, 1.165) is 11.6 Å². The van der Waals surface area contributed by atoms with Crippen LogP contribution in [0.2, 0.25) is 0 Å². The van der Waals surface area contributed by atoms with Crippen LogP contribution in [0.5, 0.6) is 0 Å². The van der Waals surface area contributed by atoms with Crippen molar-refractivity contribution in [2.45, 2.75) is 235 Å². The number of ether oxygens (including phenoxy) is 15. The van der Waals surface area contributed by atoms with Gasteiger partial charge in [0.15, 0.2) is 44.0 Å². The van der Waals surface area contributed by atoms with Crippen LogP contribution < -0.4 is 0 Å². The van der Waals surface area contributed by atoms with Crippen LogP contribution in [0.15, 0.2) is 6.20 Å². The zero-order chi connectivity index (χ0) is 62.3. The molecule has 0 spiro atoms. The first-order chi connectivity index (χ1) is 41.0. The van der Waals surface area contributed by atoms with Gasteiger partial charge in [0, 0.05) is 6.92 Å². The lowest BCUT2D eigenvalue weighted by molar-refractivity contribution is -0.396. The molecule has 21 fully saturated rings. The van der Waals surface area contributed by atoms with Crippen molar-refractivity contribution in [3.63, 3.8) is 0 Å². The topological polar surface area (TPSA) is 591 Å². The minimum absolute atomic E-state index is 0.0890. The largest absolute Gasteiger partial charge is 0.459 e. The van der Waals surface area contributed by atoms with Crippen molar-refractivity contribution in [2.24, 2.45) is 0 Å². The van der Waals surface area contributed by atoms with Gasteiger partial charge in [0.1, 0.15) is 183 Å². The number of rotatable bonds is 10. The summed E-state index contributed by atoms with van der Waals surface area (Å²) in [5, 5.41) is 231. The van der Waals surface area contributed by atoms with Crippen LogP contribution in [0.1, 0.15) is 12.6 Å². The van der Waals surface area contributed by atoms with Gasteiger partial charge in [0.2, 0.25) is 0 Å². The van der Waals surface area contributed by atoms with Crippen molar-refractivity contribution in [1.82, 2.24) is 15.0 Å². The summed E-state index contributed by atoms with van der Waals surface area (Å²) < 4.78 is 87.1. The smallest absolute Gasteiger partial charge is 0.303 e. The summed E-state index contributed by atoms with van der Waals surface area (Å²) in [4.78, 5) is 11.5. The van der Waals surface area contributed by atoms with Gasteiger partial charge in [-0.2, -0.15) is 0 Å². The van der Waals surface area contributed by atoms with Crippen LogP contribution in [-0.4, -0.2) is 378 Å². The molecule has 86 heavy (non-hydrogen) atoms. The summed E-state index contributed by atoms with van der Waals surface area (Å²) in [5.74, 6) is -0.672. The molecule has 0 saturated carbocycles. The minimum atomic E-state index is -2.25. The Labute approximate surface area is 484 Å². The number of nitrogens with zero attached hydrogens (tertiary/aromatic N) is 3. The van der Waals surface area contributed by atoms with Crippen LogP contribution in [0.25, 0.3) is 0 Å². The number of aliphatic hydroxyl groups is 20. The van der Waals surface area contributed by atoms with Gasteiger partial charge in [-0.3, -0.25) is 4.79 Å². The van der Waals surface area contributed by atoms with E-state index in [0.29, 0.717) is 0 Å². The van der Waals surface area contributed by atoms with Gasteiger partial charge in [-0.25, -0.2) is 4.68 Å². The third kappa shape index (κ3) is 13.7. The van der Waals surface area contributed by atoms with Gasteiger partial charge in [-0.15, -0.1) is 5.10 Å². The summed E-state index contributed by atoms with van der Waals surface area (Å²) in [6.45, 7) is -6.14. The second-order valence-corrected chi connectivity index (χ2v) is 21.7. The average Bonchev–Trinajstić information content (AvgIpc) is 1.92. The first kappa shape index (κ1) is 67.6. The summed E-state index contributed by atoms with van der Waals surface area (Å²) in [5.41, 5.74) is 0.0890. The molecule has 0 unspecified atom stereocenters. The summed E-state index contributed by atoms with van der Waals surface area (Å²) in [7, 11) is 0. The molecule has 494 valence electrons. The summed E-state index contributed by atoms with van der Waals surface area (Å²) in [6.07, 6.45) is -69.8. The first-order valence-electron chi connectivity index (χ1n) is 27.3. The molecule has 0 amide bonds. The summed E-state index contributed by atoms with van der Waals surface area (Å²) in [6, 6.07) is 0. The van der Waals surface area contributed by atoms with E-state index >= 15 is 0 Å². The lowest BCUT2D eigenvalue weighted by atomic mass is 9.95. The molecule has 0 aromatic carbocycles. The molecule has 0 aliphatic carbocycles. The van der Waals surface area contributed by atoms with E-state index in [-0.39, 0.29) is 12.3 Å². The highest BCUT2D eigenvalue weighted by Gasteiger charge is 2.59. The number of carbonyl (C=O) groups excluding carboxylic acids is 1. The number of carbonyl (C=O) groups is 1. The number of aliphatic hydroxyl groups excluding tert-OH is 20. The second-order valence-electron chi connectivity index (χ2n) is 21.7. The van der Waals surface area contributed by atoms with E-state index in [9.17, 15) is 107 Å². The molecule has 20 N–H and O–H groups in total. The zero-order valence-electron chi connectivity index (χ0n) is 45.3. The monoisotopic (exact) mass is 1260 g/mol. The van der Waals surface area contributed by atoms with Gasteiger partial charge < -0.3 is 173 Å². The van der Waals surface area contributed by atoms with Crippen molar-refractivity contribution in [3.05, 3.63) is 11.9 Å². The summed E-state index contributed by atoms with van der Waals surface area (Å²) >= 11 is 0. The Morgan fingerprint density at radius 3 is 0.779 bits per heavy atom. The Hall–Kier alpha value is -2.75. The Kier molecular flexibility index (Phi) is 22.7. The Bertz CT molecular complexity index is 2290. The molecular weight excluding hydrogens is 1180 g/mol. The molecule has 1 aromatic rings. The number of hydrogen-bond acceptors (Lipinski definition) is 38. The van der Waals surface area contributed by atoms with E-state index in [1.54, 1.807) is 0 Å². The molecule has 21 saturated heterocycles. The van der Waals surface area contributed by atoms with Gasteiger partial charge in [-0.1, -0.05) is 5.21 Å². The number of aromatic nitrogens is 3. The highest BCUT2D eigenvalue weighted by Crippen LogP contribution is 2.39.